The van der Waals surface area contributed by atoms with E-state index in [0.29, 0.717) is 13.4 Å². The lowest BCUT2D eigenvalue weighted by atomic mass is 9.82. The number of thiazole rings is 1. The molecular formula is C31H38N4O4S. The van der Waals surface area contributed by atoms with Crippen LogP contribution in [0.15, 0.2) is 34.9 Å². The van der Waals surface area contributed by atoms with E-state index < -0.39 is 0 Å². The summed E-state index contributed by atoms with van der Waals surface area (Å²) in [4.78, 5) is 6.84. The third kappa shape index (κ3) is 5.63. The lowest BCUT2D eigenvalue weighted by molar-refractivity contribution is 0.155. The number of unbranched alkanes of at least 4 members (excludes halogenated alkanes) is 5. The number of aromatic nitrogens is 1. The predicted molar refractivity (Wildman–Crippen MR) is 158 cm³/mol. The maximum atomic E-state index is 6.50. The van der Waals surface area contributed by atoms with Crippen LogP contribution < -0.4 is 24.4 Å². The fourth-order valence-corrected chi connectivity index (χ4v) is 6.53. The Kier molecular flexibility index (Phi) is 8.39. The quantitative estimate of drug-likeness (QED) is 0.149. The number of rotatable bonds is 12. The first-order valence-corrected chi connectivity index (χ1v) is 15.3. The molecule has 3 aliphatic rings. The highest BCUT2D eigenvalue weighted by Gasteiger charge is 2.36. The van der Waals surface area contributed by atoms with Crippen LogP contribution in [0, 0.1) is 0 Å². The minimum atomic E-state index is 0.254. The van der Waals surface area contributed by atoms with E-state index in [0.717, 1.165) is 66.0 Å². The first-order valence-electron chi connectivity index (χ1n) is 14.5. The number of hydrogen-bond donors (Lipinski definition) is 1. The minimum Gasteiger partial charge on any atom is -0.493 e. The molecule has 0 saturated heterocycles. The highest BCUT2D eigenvalue weighted by atomic mass is 32.1. The molecule has 8 nitrogen and oxygen atoms in total. The first kappa shape index (κ1) is 26.9. The van der Waals surface area contributed by atoms with Crippen LogP contribution in [0.25, 0.3) is 0 Å². The van der Waals surface area contributed by atoms with E-state index in [1.54, 1.807) is 13.3 Å². The van der Waals surface area contributed by atoms with Crippen molar-refractivity contribution in [2.75, 3.05) is 32.5 Å². The molecule has 4 heterocycles. The molecule has 0 bridgehead atoms. The molecule has 1 unspecified atom stereocenters. The second-order valence-corrected chi connectivity index (χ2v) is 11.5. The maximum absolute atomic E-state index is 6.50. The van der Waals surface area contributed by atoms with Gasteiger partial charge in [-0.05, 0) is 54.2 Å². The van der Waals surface area contributed by atoms with Gasteiger partial charge in [-0.1, -0.05) is 39.0 Å². The van der Waals surface area contributed by atoms with Crippen molar-refractivity contribution in [2.45, 2.75) is 70.9 Å². The molecule has 0 radical (unpaired) electrons. The Morgan fingerprint density at radius 1 is 1.12 bits per heavy atom. The summed E-state index contributed by atoms with van der Waals surface area (Å²) < 4.78 is 23.8. The first-order chi connectivity index (χ1) is 19.7. The number of methoxy groups -OCH3 is 1. The number of nitrogens with zero attached hydrogens (tertiary/aromatic N) is 3. The summed E-state index contributed by atoms with van der Waals surface area (Å²) in [6.07, 6.45) is 12.9. The van der Waals surface area contributed by atoms with Crippen molar-refractivity contribution < 1.29 is 18.9 Å². The molecule has 1 aromatic heterocycles. The summed E-state index contributed by atoms with van der Waals surface area (Å²) in [6, 6.07) is 6.69. The van der Waals surface area contributed by atoms with Crippen LogP contribution in [-0.4, -0.2) is 43.2 Å². The average molecular weight is 563 g/mol. The van der Waals surface area contributed by atoms with Gasteiger partial charge in [-0.3, -0.25) is 10.3 Å². The molecule has 2 aromatic carbocycles. The summed E-state index contributed by atoms with van der Waals surface area (Å²) in [5.74, 6) is 3.35. The van der Waals surface area contributed by atoms with E-state index in [2.05, 4.69) is 45.5 Å². The van der Waals surface area contributed by atoms with Gasteiger partial charge in [-0.2, -0.15) is 5.10 Å². The lowest BCUT2D eigenvalue weighted by Gasteiger charge is -2.42. The fraction of sp³-hybridized carbons (Fsp3) is 0.484. The molecule has 6 rings (SSSR count). The Bertz CT molecular complexity index is 1340. The SMILES string of the molecule is CCCCCCCCOc1c(OC)cc(/C=N/Nc2nccs2)c2c1CN1CCc3cc4c(cc3C1C2)OCO4. The summed E-state index contributed by atoms with van der Waals surface area (Å²) in [7, 11) is 1.72. The molecule has 212 valence electrons. The largest absolute Gasteiger partial charge is 0.493 e. The minimum absolute atomic E-state index is 0.254. The van der Waals surface area contributed by atoms with Crippen LogP contribution >= 0.6 is 11.3 Å². The molecule has 0 saturated carbocycles. The van der Waals surface area contributed by atoms with Gasteiger partial charge in [0.15, 0.2) is 23.0 Å². The van der Waals surface area contributed by atoms with Gasteiger partial charge in [0, 0.05) is 41.8 Å². The van der Waals surface area contributed by atoms with E-state index in [9.17, 15) is 0 Å². The van der Waals surface area contributed by atoms with Gasteiger partial charge in [-0.15, -0.1) is 11.3 Å². The van der Waals surface area contributed by atoms with Crippen molar-refractivity contribution in [3.63, 3.8) is 0 Å². The Balaban J connectivity index is 1.30. The van der Waals surface area contributed by atoms with Gasteiger partial charge in [0.2, 0.25) is 11.9 Å². The zero-order valence-corrected chi connectivity index (χ0v) is 24.2. The zero-order valence-electron chi connectivity index (χ0n) is 23.4. The van der Waals surface area contributed by atoms with Gasteiger partial charge in [0.1, 0.15) is 0 Å². The number of hydrogen-bond acceptors (Lipinski definition) is 9. The van der Waals surface area contributed by atoms with E-state index in [4.69, 9.17) is 18.9 Å². The van der Waals surface area contributed by atoms with E-state index in [-0.39, 0.29) is 6.04 Å². The molecule has 0 fully saturated rings. The van der Waals surface area contributed by atoms with Crippen LogP contribution in [0.1, 0.15) is 79.3 Å². The number of nitrogens with one attached hydrogen (secondary N) is 1. The molecular weight excluding hydrogens is 524 g/mol. The van der Waals surface area contributed by atoms with Crippen molar-refractivity contribution in [3.8, 4) is 23.0 Å². The standard InChI is InChI=1S/C31H38N4O4S/c1-3-4-5-6-7-8-12-37-30-25-19-35-11-9-21-14-27-28(39-20-38-27)17-24(21)26(35)16-23(25)22(15-29(30)36-2)18-33-34-31-32-10-13-40-31/h10,13-15,17-18,26H,3-9,11-12,16,19-20H2,1-2H3,(H,32,34)/b33-18+. The van der Waals surface area contributed by atoms with Crippen LogP contribution in [0.2, 0.25) is 0 Å². The fourth-order valence-electron chi connectivity index (χ4n) is 6.05. The molecule has 0 amide bonds. The zero-order chi connectivity index (χ0) is 27.3. The summed E-state index contributed by atoms with van der Waals surface area (Å²) in [5, 5.41) is 7.22. The molecule has 9 heteroatoms. The average Bonchev–Trinajstić information content (AvgIpc) is 3.67. The summed E-state index contributed by atoms with van der Waals surface area (Å²) in [5.41, 5.74) is 9.24. The number of fused-ring (bicyclic) bond motifs is 5. The van der Waals surface area contributed by atoms with E-state index in [1.807, 2.05) is 11.6 Å². The van der Waals surface area contributed by atoms with Gasteiger partial charge in [-0.25, -0.2) is 4.98 Å². The van der Waals surface area contributed by atoms with Gasteiger partial charge in [0.25, 0.3) is 0 Å². The Morgan fingerprint density at radius 2 is 1.98 bits per heavy atom. The second kappa shape index (κ2) is 12.5. The topological polar surface area (TPSA) is 77.4 Å². The summed E-state index contributed by atoms with van der Waals surface area (Å²) >= 11 is 1.52. The molecule has 0 spiro atoms. The number of ether oxygens (including phenoxy) is 4. The van der Waals surface area contributed by atoms with Crippen LogP contribution in [0.5, 0.6) is 23.0 Å². The van der Waals surface area contributed by atoms with Crippen molar-refractivity contribution in [1.29, 1.82) is 0 Å². The van der Waals surface area contributed by atoms with Gasteiger partial charge >= 0.3 is 0 Å². The van der Waals surface area contributed by atoms with E-state index in [1.165, 1.54) is 65.7 Å². The normalized spacial score (nSPS) is 17.4. The molecule has 1 atom stereocenters. The van der Waals surface area contributed by atoms with Gasteiger partial charge < -0.3 is 18.9 Å². The predicted octanol–water partition coefficient (Wildman–Crippen LogP) is 6.72. The lowest BCUT2D eigenvalue weighted by Crippen LogP contribution is -2.40. The summed E-state index contributed by atoms with van der Waals surface area (Å²) in [6.45, 7) is 5.03. The van der Waals surface area contributed by atoms with E-state index >= 15 is 0 Å². The Morgan fingerprint density at radius 3 is 2.80 bits per heavy atom. The van der Waals surface area contributed by atoms with Crippen LogP contribution in [0.3, 0.4) is 0 Å². The smallest absolute Gasteiger partial charge is 0.231 e. The van der Waals surface area contributed by atoms with Gasteiger partial charge in [0.05, 0.1) is 19.9 Å². The second-order valence-electron chi connectivity index (χ2n) is 10.6. The Labute approximate surface area is 240 Å². The highest BCUT2D eigenvalue weighted by molar-refractivity contribution is 7.13. The molecule has 40 heavy (non-hydrogen) atoms. The van der Waals surface area contributed by atoms with Crippen molar-refractivity contribution in [3.05, 3.63) is 57.6 Å². The monoisotopic (exact) mass is 562 g/mol. The molecule has 0 aliphatic carbocycles. The van der Waals surface area contributed by atoms with Crippen molar-refractivity contribution >= 4 is 22.7 Å². The van der Waals surface area contributed by atoms with Crippen molar-refractivity contribution in [2.24, 2.45) is 5.10 Å². The third-order valence-electron chi connectivity index (χ3n) is 8.12. The number of benzene rings is 2. The highest BCUT2D eigenvalue weighted by Crippen LogP contribution is 2.47. The number of anilines is 1. The molecule has 3 aromatic rings. The van der Waals surface area contributed by atoms with Crippen LogP contribution in [0.4, 0.5) is 5.13 Å². The molecule has 1 N–H and O–H groups in total. The number of hydrazone groups is 1. The maximum Gasteiger partial charge on any atom is 0.231 e. The van der Waals surface area contributed by atoms with Crippen LogP contribution in [-0.2, 0) is 19.4 Å². The third-order valence-corrected chi connectivity index (χ3v) is 8.80. The Hall–Kier alpha value is -3.30. The molecule has 3 aliphatic heterocycles. The van der Waals surface area contributed by atoms with Crippen molar-refractivity contribution in [1.82, 2.24) is 9.88 Å².